The van der Waals surface area contributed by atoms with Gasteiger partial charge in [-0.05, 0) is 69.2 Å². The summed E-state index contributed by atoms with van der Waals surface area (Å²) < 4.78 is 5.39. The van der Waals surface area contributed by atoms with E-state index < -0.39 is 5.54 Å². The van der Waals surface area contributed by atoms with Crippen LogP contribution in [0, 0.1) is 5.92 Å². The fourth-order valence-corrected chi connectivity index (χ4v) is 7.50. The lowest BCUT2D eigenvalue weighted by Gasteiger charge is -2.54. The zero-order chi connectivity index (χ0) is 23.5. The second kappa shape index (κ2) is 10.4. The van der Waals surface area contributed by atoms with Crippen molar-refractivity contribution in [1.82, 2.24) is 15.1 Å². The maximum absolute atomic E-state index is 14.1. The highest BCUT2D eigenvalue weighted by Crippen LogP contribution is 2.49. The van der Waals surface area contributed by atoms with Gasteiger partial charge in [0.05, 0.1) is 18.1 Å². The number of carbonyl (C=O) groups is 2. The van der Waals surface area contributed by atoms with Gasteiger partial charge in [-0.25, -0.2) is 0 Å². The number of benzene rings is 1. The Hall–Kier alpha value is -1.92. The fraction of sp³-hybridized carbons (Fsp3) is 0.714. The van der Waals surface area contributed by atoms with Gasteiger partial charge in [0.25, 0.3) is 5.91 Å². The van der Waals surface area contributed by atoms with Gasteiger partial charge in [-0.1, -0.05) is 43.9 Å². The molecule has 6 heteroatoms. The molecule has 1 aromatic carbocycles. The van der Waals surface area contributed by atoms with E-state index in [1.54, 1.807) is 7.11 Å². The summed E-state index contributed by atoms with van der Waals surface area (Å²) in [5, 5.41) is 3.42. The largest absolute Gasteiger partial charge is 0.383 e. The molecule has 1 N–H and O–H groups in total. The van der Waals surface area contributed by atoms with Crippen molar-refractivity contribution in [3.63, 3.8) is 0 Å². The third-order valence-electron chi connectivity index (χ3n) is 9.09. The molecule has 3 heterocycles. The average molecular weight is 468 g/mol. The molecule has 0 aromatic heterocycles. The Balaban J connectivity index is 1.43. The summed E-state index contributed by atoms with van der Waals surface area (Å²) in [4.78, 5) is 32.4. The summed E-state index contributed by atoms with van der Waals surface area (Å²) in [6, 6.07) is 8.43. The third-order valence-corrected chi connectivity index (χ3v) is 9.09. The van der Waals surface area contributed by atoms with Crippen molar-refractivity contribution >= 4 is 11.8 Å². The van der Waals surface area contributed by atoms with Crippen molar-refractivity contribution in [3.05, 3.63) is 35.4 Å². The van der Waals surface area contributed by atoms with Crippen LogP contribution in [0.25, 0.3) is 0 Å². The number of fused-ring (bicyclic) bond motifs is 2. The van der Waals surface area contributed by atoms with E-state index in [2.05, 4.69) is 10.2 Å². The third kappa shape index (κ3) is 4.28. The van der Waals surface area contributed by atoms with Gasteiger partial charge in [-0.2, -0.15) is 0 Å². The number of piperidine rings is 2. The van der Waals surface area contributed by atoms with E-state index in [-0.39, 0.29) is 17.7 Å². The van der Waals surface area contributed by atoms with E-state index in [0.29, 0.717) is 30.7 Å². The quantitative estimate of drug-likeness (QED) is 0.688. The molecule has 2 saturated heterocycles. The molecule has 1 aliphatic carbocycles. The topological polar surface area (TPSA) is 61.9 Å². The van der Waals surface area contributed by atoms with Crippen molar-refractivity contribution in [2.75, 3.05) is 39.9 Å². The van der Waals surface area contributed by atoms with Crippen LogP contribution in [0.2, 0.25) is 0 Å². The number of methoxy groups -OCH3 is 1. The summed E-state index contributed by atoms with van der Waals surface area (Å²) in [6.45, 7) is 4.20. The number of nitrogens with zero attached hydrogens (tertiary/aromatic N) is 2. The summed E-state index contributed by atoms with van der Waals surface area (Å²) in [6.07, 6.45) is 11.4. The molecule has 1 spiro atoms. The minimum atomic E-state index is -0.449. The van der Waals surface area contributed by atoms with Gasteiger partial charge in [-0.15, -0.1) is 0 Å². The molecule has 34 heavy (non-hydrogen) atoms. The fourth-order valence-electron chi connectivity index (χ4n) is 7.50. The molecule has 0 unspecified atom stereocenters. The zero-order valence-electron chi connectivity index (χ0n) is 20.8. The van der Waals surface area contributed by atoms with E-state index in [0.717, 1.165) is 37.8 Å². The second-order valence-electron chi connectivity index (χ2n) is 10.9. The van der Waals surface area contributed by atoms with E-state index in [9.17, 15) is 9.59 Å². The lowest BCUT2D eigenvalue weighted by atomic mass is 9.65. The van der Waals surface area contributed by atoms with Crippen LogP contribution in [0.15, 0.2) is 24.3 Å². The minimum Gasteiger partial charge on any atom is -0.383 e. The summed E-state index contributed by atoms with van der Waals surface area (Å²) in [5.41, 5.74) is 1.16. The van der Waals surface area contributed by atoms with Gasteiger partial charge < -0.3 is 19.9 Å². The van der Waals surface area contributed by atoms with Gasteiger partial charge in [0, 0.05) is 31.8 Å². The number of carbonyl (C=O) groups excluding carboxylic acids is 2. The molecule has 186 valence electrons. The molecule has 3 aliphatic heterocycles. The Morgan fingerprint density at radius 1 is 1.06 bits per heavy atom. The molecular formula is C28H41N3O3. The standard InChI is InChI=1S/C28H41N3O3/c1-34-19-18-31-27(33)23-12-4-3-11-22(23)25(28(31)14-6-2-7-15-28)26(32)29-20-21-10-9-17-30-16-8-5-13-24(21)30/h3-4,11-12,21,24-25H,2,5-10,13-20H2,1H3,(H,29,32)/t21-,24+,25-/m0/s1. The minimum absolute atomic E-state index is 0.0590. The van der Waals surface area contributed by atoms with Crippen molar-refractivity contribution < 1.29 is 14.3 Å². The highest BCUT2D eigenvalue weighted by atomic mass is 16.5. The molecule has 0 radical (unpaired) electrons. The van der Waals surface area contributed by atoms with Crippen LogP contribution < -0.4 is 5.32 Å². The first kappa shape index (κ1) is 23.8. The van der Waals surface area contributed by atoms with Crippen molar-refractivity contribution in [1.29, 1.82) is 0 Å². The van der Waals surface area contributed by atoms with Crippen LogP contribution >= 0.6 is 0 Å². The first-order valence-electron chi connectivity index (χ1n) is 13.6. The SMILES string of the molecule is COCCN1C(=O)c2ccccc2[C@@H](C(=O)NC[C@@H]2CCCN3CCCC[C@H]23)C12CCCCC2. The monoisotopic (exact) mass is 467 g/mol. The highest BCUT2D eigenvalue weighted by molar-refractivity contribution is 6.02. The van der Waals surface area contributed by atoms with Crippen molar-refractivity contribution in [3.8, 4) is 0 Å². The maximum atomic E-state index is 14.1. The number of nitrogens with one attached hydrogen (secondary N) is 1. The lowest BCUT2D eigenvalue weighted by molar-refractivity contribution is -0.128. The zero-order valence-corrected chi connectivity index (χ0v) is 20.8. The number of amides is 2. The molecule has 2 amide bonds. The van der Waals surface area contributed by atoms with Crippen molar-refractivity contribution in [2.24, 2.45) is 5.92 Å². The molecule has 4 aliphatic rings. The van der Waals surface area contributed by atoms with Crippen LogP contribution in [0.1, 0.15) is 86.0 Å². The smallest absolute Gasteiger partial charge is 0.254 e. The predicted octanol–water partition coefficient (Wildman–Crippen LogP) is 3.96. The Bertz CT molecular complexity index is 879. The normalized spacial score (nSPS) is 28.9. The van der Waals surface area contributed by atoms with Gasteiger partial charge in [0.1, 0.15) is 0 Å². The number of hydrogen-bond acceptors (Lipinski definition) is 4. The van der Waals surface area contributed by atoms with Crippen LogP contribution in [0.4, 0.5) is 0 Å². The van der Waals surface area contributed by atoms with E-state index in [1.807, 2.05) is 29.2 Å². The number of hydrogen-bond donors (Lipinski definition) is 1. The van der Waals surface area contributed by atoms with Gasteiger partial charge in [-0.3, -0.25) is 9.59 Å². The Kier molecular flexibility index (Phi) is 7.26. The van der Waals surface area contributed by atoms with Gasteiger partial charge in [0.2, 0.25) is 5.91 Å². The first-order chi connectivity index (χ1) is 16.7. The molecule has 1 aromatic rings. The highest BCUT2D eigenvalue weighted by Gasteiger charge is 2.54. The summed E-state index contributed by atoms with van der Waals surface area (Å²) in [7, 11) is 1.68. The summed E-state index contributed by atoms with van der Waals surface area (Å²) >= 11 is 0. The van der Waals surface area contributed by atoms with E-state index >= 15 is 0 Å². The molecular weight excluding hydrogens is 426 g/mol. The van der Waals surface area contributed by atoms with Crippen molar-refractivity contribution in [2.45, 2.75) is 81.7 Å². The van der Waals surface area contributed by atoms with E-state index in [4.69, 9.17) is 4.74 Å². The Morgan fingerprint density at radius 2 is 1.85 bits per heavy atom. The Labute approximate surface area is 204 Å². The molecule has 0 bridgehead atoms. The Morgan fingerprint density at radius 3 is 2.68 bits per heavy atom. The maximum Gasteiger partial charge on any atom is 0.254 e. The first-order valence-corrected chi connectivity index (χ1v) is 13.6. The molecule has 6 nitrogen and oxygen atoms in total. The number of ether oxygens (including phenoxy) is 1. The van der Waals surface area contributed by atoms with Gasteiger partial charge in [0.15, 0.2) is 0 Å². The van der Waals surface area contributed by atoms with Crippen LogP contribution in [-0.4, -0.2) is 73.1 Å². The molecule has 3 fully saturated rings. The van der Waals surface area contributed by atoms with Crippen LogP contribution in [0.5, 0.6) is 0 Å². The lowest BCUT2D eigenvalue weighted by Crippen LogP contribution is -2.63. The molecule has 3 atom stereocenters. The second-order valence-corrected chi connectivity index (χ2v) is 10.9. The summed E-state index contributed by atoms with van der Waals surface area (Å²) in [5.74, 6) is 0.385. The van der Waals surface area contributed by atoms with Crippen LogP contribution in [-0.2, 0) is 9.53 Å². The average Bonchev–Trinajstić information content (AvgIpc) is 2.88. The predicted molar refractivity (Wildman–Crippen MR) is 133 cm³/mol. The number of rotatable bonds is 6. The van der Waals surface area contributed by atoms with Gasteiger partial charge >= 0.3 is 0 Å². The molecule has 5 rings (SSSR count). The van der Waals surface area contributed by atoms with E-state index in [1.165, 1.54) is 51.6 Å². The molecule has 1 saturated carbocycles. The van der Waals surface area contributed by atoms with Crippen LogP contribution in [0.3, 0.4) is 0 Å².